The van der Waals surface area contributed by atoms with Gasteiger partial charge in [-0.25, -0.2) is 5.53 Å². The molecule has 2 aromatic carbocycles. The summed E-state index contributed by atoms with van der Waals surface area (Å²) in [6.07, 6.45) is 4.96. The van der Waals surface area contributed by atoms with E-state index in [1.807, 2.05) is 48.5 Å². The van der Waals surface area contributed by atoms with Crippen LogP contribution in [0.5, 0.6) is 5.75 Å². The van der Waals surface area contributed by atoms with Crippen LogP contribution in [0, 0.1) is 5.53 Å². The van der Waals surface area contributed by atoms with Crippen LogP contribution >= 0.6 is 0 Å². The fraction of sp³-hybridized carbons (Fsp3) is 0.261. The molecule has 0 aliphatic heterocycles. The zero-order valence-electron chi connectivity index (χ0n) is 16.7. The first-order valence-corrected chi connectivity index (χ1v) is 9.92. The summed E-state index contributed by atoms with van der Waals surface area (Å²) in [6, 6.07) is 16.8. The molecule has 7 nitrogen and oxygen atoms in total. The second-order valence-electron chi connectivity index (χ2n) is 7.32. The van der Waals surface area contributed by atoms with Crippen molar-refractivity contribution in [2.24, 2.45) is 5.11 Å². The maximum absolute atomic E-state index is 12.4. The number of ether oxygens (including phenoxy) is 2. The van der Waals surface area contributed by atoms with E-state index in [0.717, 1.165) is 41.6 Å². The van der Waals surface area contributed by atoms with E-state index in [1.54, 1.807) is 19.4 Å². The van der Waals surface area contributed by atoms with Crippen molar-refractivity contribution in [1.82, 2.24) is 4.98 Å². The maximum Gasteiger partial charge on any atom is 0.258 e. The average molecular weight is 404 g/mol. The lowest BCUT2D eigenvalue weighted by Gasteiger charge is -2.14. The highest BCUT2D eigenvalue weighted by atomic mass is 16.5. The predicted molar refractivity (Wildman–Crippen MR) is 117 cm³/mol. The summed E-state index contributed by atoms with van der Waals surface area (Å²) in [5.74, 6) is 0.808. The van der Waals surface area contributed by atoms with Gasteiger partial charge in [0.25, 0.3) is 5.56 Å². The molecule has 1 heterocycles. The number of methoxy groups -OCH3 is 1. The molecule has 4 rings (SSSR count). The Morgan fingerprint density at radius 3 is 2.67 bits per heavy atom. The van der Waals surface area contributed by atoms with Crippen LogP contribution < -0.4 is 15.6 Å². The lowest BCUT2D eigenvalue weighted by atomic mass is 10.1. The van der Waals surface area contributed by atoms with Crippen molar-refractivity contribution < 1.29 is 9.47 Å². The van der Waals surface area contributed by atoms with E-state index < -0.39 is 0 Å². The number of nitrogens with zero attached hydrogens (tertiary/aromatic N) is 1. The van der Waals surface area contributed by atoms with Crippen molar-refractivity contribution in [3.63, 3.8) is 0 Å². The lowest BCUT2D eigenvalue weighted by molar-refractivity contribution is 0.0947. The minimum atomic E-state index is -0.285. The Morgan fingerprint density at radius 2 is 1.93 bits per heavy atom. The number of hydrogen-bond donors (Lipinski definition) is 3. The molecule has 1 aliphatic carbocycles. The number of anilines is 1. The summed E-state index contributed by atoms with van der Waals surface area (Å²) in [5, 5.41) is 7.52. The summed E-state index contributed by atoms with van der Waals surface area (Å²) < 4.78 is 11.4. The van der Waals surface area contributed by atoms with E-state index in [1.165, 1.54) is 0 Å². The number of H-pyrrole nitrogens is 1. The Kier molecular flexibility index (Phi) is 5.90. The van der Waals surface area contributed by atoms with E-state index in [4.69, 9.17) is 15.0 Å². The number of benzene rings is 2. The van der Waals surface area contributed by atoms with Crippen LogP contribution in [0.15, 0.2) is 70.7 Å². The number of para-hydroxylation sites is 1. The molecule has 0 bridgehead atoms. The highest BCUT2D eigenvalue weighted by Gasteiger charge is 2.25. The molecular weight excluding hydrogens is 380 g/mol. The Morgan fingerprint density at radius 1 is 1.17 bits per heavy atom. The van der Waals surface area contributed by atoms with Crippen LogP contribution in [-0.4, -0.2) is 24.3 Å². The summed E-state index contributed by atoms with van der Waals surface area (Å²) in [4.78, 5) is 15.2. The van der Waals surface area contributed by atoms with Gasteiger partial charge in [0.2, 0.25) is 0 Å². The number of fused-ring (bicyclic) bond motifs is 1. The fourth-order valence-corrected chi connectivity index (χ4v) is 3.70. The monoisotopic (exact) mass is 404 g/mol. The summed E-state index contributed by atoms with van der Waals surface area (Å²) >= 11 is 0. The van der Waals surface area contributed by atoms with E-state index in [-0.39, 0.29) is 23.5 Å². The van der Waals surface area contributed by atoms with Crippen molar-refractivity contribution in [3.05, 3.63) is 76.7 Å². The molecule has 0 unspecified atom stereocenters. The van der Waals surface area contributed by atoms with Crippen LogP contribution in [-0.2, 0) is 4.74 Å². The van der Waals surface area contributed by atoms with Gasteiger partial charge in [-0.1, -0.05) is 18.2 Å². The van der Waals surface area contributed by atoms with E-state index in [9.17, 15) is 4.79 Å². The SMILES string of the molecule is CO[C@H]1CC[C@@H](Oc2ccc(N/C=C(\N=N)c3cc4ccccc4[nH]c3=O)cc2)C1. The van der Waals surface area contributed by atoms with Gasteiger partial charge in [-0.2, -0.15) is 5.11 Å². The van der Waals surface area contributed by atoms with Crippen LogP contribution in [0.2, 0.25) is 0 Å². The highest BCUT2D eigenvalue weighted by Crippen LogP contribution is 2.27. The van der Waals surface area contributed by atoms with Gasteiger partial charge in [-0.05, 0) is 54.6 Å². The minimum absolute atomic E-state index is 0.182. The molecule has 0 radical (unpaired) electrons. The van der Waals surface area contributed by atoms with Crippen LogP contribution in [0.4, 0.5) is 5.69 Å². The Balaban J connectivity index is 1.46. The van der Waals surface area contributed by atoms with Gasteiger partial charge >= 0.3 is 0 Å². The van der Waals surface area contributed by atoms with Gasteiger partial charge in [0.15, 0.2) is 0 Å². The third kappa shape index (κ3) is 4.41. The van der Waals surface area contributed by atoms with Crippen molar-refractivity contribution >= 4 is 22.3 Å². The van der Waals surface area contributed by atoms with Gasteiger partial charge in [0, 0.05) is 30.9 Å². The van der Waals surface area contributed by atoms with E-state index in [2.05, 4.69) is 15.4 Å². The minimum Gasteiger partial charge on any atom is -0.490 e. The molecular formula is C23H24N4O3. The molecule has 1 saturated carbocycles. The maximum atomic E-state index is 12.4. The van der Waals surface area contributed by atoms with Crippen LogP contribution in [0.1, 0.15) is 24.8 Å². The topological polar surface area (TPSA) is 99.6 Å². The van der Waals surface area contributed by atoms with Crippen molar-refractivity contribution in [2.45, 2.75) is 31.5 Å². The molecule has 1 fully saturated rings. The number of nitrogens with one attached hydrogen (secondary N) is 3. The van der Waals surface area contributed by atoms with Crippen LogP contribution in [0.3, 0.4) is 0 Å². The molecule has 3 N–H and O–H groups in total. The summed E-state index contributed by atoms with van der Waals surface area (Å²) in [5.41, 5.74) is 9.35. The van der Waals surface area contributed by atoms with Gasteiger partial charge in [0.05, 0.1) is 11.7 Å². The first-order chi connectivity index (χ1) is 14.7. The average Bonchev–Trinajstić information content (AvgIpc) is 3.23. The van der Waals surface area contributed by atoms with E-state index >= 15 is 0 Å². The van der Waals surface area contributed by atoms with Crippen molar-refractivity contribution in [1.29, 1.82) is 5.53 Å². The Bertz CT molecular complexity index is 1120. The Labute approximate surface area is 174 Å². The summed E-state index contributed by atoms with van der Waals surface area (Å²) in [7, 11) is 1.74. The number of aromatic amines is 1. The normalized spacial score (nSPS) is 19.0. The van der Waals surface area contributed by atoms with Crippen LogP contribution in [0.25, 0.3) is 16.6 Å². The van der Waals surface area contributed by atoms with Gasteiger partial charge in [-0.3, -0.25) is 4.79 Å². The van der Waals surface area contributed by atoms with Crippen molar-refractivity contribution in [3.8, 4) is 5.75 Å². The molecule has 7 heteroatoms. The number of pyridine rings is 1. The van der Waals surface area contributed by atoms with Gasteiger partial charge in [-0.15, -0.1) is 0 Å². The van der Waals surface area contributed by atoms with Gasteiger partial charge in [0.1, 0.15) is 17.6 Å². The number of rotatable bonds is 7. The first kappa shape index (κ1) is 19.8. The largest absolute Gasteiger partial charge is 0.490 e. The number of hydrogen-bond acceptors (Lipinski definition) is 6. The standard InChI is InChI=1S/C23H24N4O3/c1-29-18-10-11-19(13-18)30-17-8-6-16(7-9-17)25-14-22(27-24)20-12-15-4-2-3-5-21(15)26-23(20)28/h2-9,12,14,18-19,24-25H,10-11,13H2,1H3,(H,26,28)/b22-14-,27-24?/t18-,19+/m0/s1. The zero-order chi connectivity index (χ0) is 20.9. The molecule has 0 spiro atoms. The second kappa shape index (κ2) is 8.92. The number of aromatic nitrogens is 1. The lowest BCUT2D eigenvalue weighted by Crippen LogP contribution is -2.14. The molecule has 30 heavy (non-hydrogen) atoms. The third-order valence-corrected chi connectivity index (χ3v) is 5.35. The molecule has 154 valence electrons. The fourth-order valence-electron chi connectivity index (χ4n) is 3.70. The smallest absolute Gasteiger partial charge is 0.258 e. The molecule has 1 aliphatic rings. The Hall–Kier alpha value is -3.45. The van der Waals surface area contributed by atoms with E-state index in [0.29, 0.717) is 5.56 Å². The summed E-state index contributed by atoms with van der Waals surface area (Å²) in [6.45, 7) is 0. The van der Waals surface area contributed by atoms with Crippen molar-refractivity contribution in [2.75, 3.05) is 12.4 Å². The molecule has 0 amide bonds. The predicted octanol–water partition coefficient (Wildman–Crippen LogP) is 4.92. The molecule has 1 aromatic heterocycles. The quantitative estimate of drug-likeness (QED) is 0.487. The molecule has 3 aromatic rings. The van der Waals surface area contributed by atoms with Gasteiger partial charge < -0.3 is 19.8 Å². The molecule has 0 saturated heterocycles. The zero-order valence-corrected chi connectivity index (χ0v) is 16.7. The second-order valence-corrected chi connectivity index (χ2v) is 7.32. The first-order valence-electron chi connectivity index (χ1n) is 9.92. The highest BCUT2D eigenvalue weighted by molar-refractivity contribution is 5.82. The molecule has 2 atom stereocenters. The third-order valence-electron chi connectivity index (χ3n) is 5.35.